The van der Waals surface area contributed by atoms with Crippen molar-refractivity contribution in [2.45, 2.75) is 283 Å². The number of allylic oxidation sites excluding steroid dienone is 5. The summed E-state index contributed by atoms with van der Waals surface area (Å²) >= 11 is 0. The van der Waals surface area contributed by atoms with Gasteiger partial charge in [-0.05, 0) is 44.9 Å². The summed E-state index contributed by atoms with van der Waals surface area (Å²) in [5.74, 6) is -0.0656. The van der Waals surface area contributed by atoms with Gasteiger partial charge in [-0.2, -0.15) is 0 Å². The molecule has 0 aliphatic rings. The summed E-state index contributed by atoms with van der Waals surface area (Å²) in [7, 11) is 0. The van der Waals surface area contributed by atoms with Crippen molar-refractivity contribution >= 4 is 5.91 Å². The minimum Gasteiger partial charge on any atom is -0.394 e. The number of hydrogen-bond acceptors (Lipinski definition) is 3. The summed E-state index contributed by atoms with van der Waals surface area (Å²) < 4.78 is 0. The molecule has 3 N–H and O–H groups in total. The van der Waals surface area contributed by atoms with Gasteiger partial charge < -0.3 is 15.5 Å². The molecule has 0 spiro atoms. The van der Waals surface area contributed by atoms with Gasteiger partial charge >= 0.3 is 0 Å². The maximum Gasteiger partial charge on any atom is 0.220 e. The zero-order valence-corrected chi connectivity index (χ0v) is 37.9. The van der Waals surface area contributed by atoms with Crippen LogP contribution < -0.4 is 5.32 Å². The second-order valence-electron chi connectivity index (χ2n) is 17.3. The van der Waals surface area contributed by atoms with E-state index in [1.807, 2.05) is 6.08 Å². The van der Waals surface area contributed by atoms with Crippen molar-refractivity contribution in [1.29, 1.82) is 0 Å². The van der Waals surface area contributed by atoms with Crippen LogP contribution >= 0.6 is 0 Å². The summed E-state index contributed by atoms with van der Waals surface area (Å²) in [6.45, 7) is 4.30. The average Bonchev–Trinajstić information content (AvgIpc) is 3.20. The lowest BCUT2D eigenvalue weighted by atomic mass is 10.0. The number of rotatable bonds is 46. The van der Waals surface area contributed by atoms with Crippen molar-refractivity contribution in [3.05, 3.63) is 36.5 Å². The van der Waals surface area contributed by atoms with Crippen molar-refractivity contribution in [2.75, 3.05) is 6.61 Å². The minimum absolute atomic E-state index is 0.0656. The maximum atomic E-state index is 12.4. The molecule has 0 bridgehead atoms. The molecule has 2 unspecified atom stereocenters. The smallest absolute Gasteiger partial charge is 0.220 e. The molecule has 0 aromatic heterocycles. The number of nitrogens with one attached hydrogen (secondary N) is 1. The Labute approximate surface area is 351 Å². The van der Waals surface area contributed by atoms with E-state index in [-0.39, 0.29) is 12.5 Å². The van der Waals surface area contributed by atoms with E-state index in [2.05, 4.69) is 43.5 Å². The Morgan fingerprint density at radius 3 is 1.07 bits per heavy atom. The first kappa shape index (κ1) is 54.6. The highest BCUT2D eigenvalue weighted by atomic mass is 16.3. The Hall–Kier alpha value is -1.39. The average molecular weight is 786 g/mol. The van der Waals surface area contributed by atoms with E-state index < -0.39 is 12.1 Å². The molecule has 0 rings (SSSR count). The lowest BCUT2D eigenvalue weighted by Gasteiger charge is -2.20. The zero-order chi connectivity index (χ0) is 40.7. The van der Waals surface area contributed by atoms with E-state index in [9.17, 15) is 15.0 Å². The highest BCUT2D eigenvalue weighted by molar-refractivity contribution is 5.76. The monoisotopic (exact) mass is 786 g/mol. The third kappa shape index (κ3) is 43.7. The first-order valence-corrected chi connectivity index (χ1v) is 25.2. The molecule has 0 saturated carbocycles. The highest BCUT2D eigenvalue weighted by Gasteiger charge is 2.18. The van der Waals surface area contributed by atoms with Crippen LogP contribution in [0.2, 0.25) is 0 Å². The molecular weight excluding hydrogens is 687 g/mol. The molecule has 0 aromatic rings. The third-order valence-corrected chi connectivity index (χ3v) is 11.6. The van der Waals surface area contributed by atoms with E-state index in [0.717, 1.165) is 25.7 Å². The van der Waals surface area contributed by atoms with Crippen LogP contribution in [-0.2, 0) is 4.79 Å². The summed E-state index contributed by atoms with van der Waals surface area (Å²) in [6.07, 6.45) is 64.2. The van der Waals surface area contributed by atoms with E-state index in [4.69, 9.17) is 0 Å². The number of aliphatic hydroxyl groups excluding tert-OH is 2. The molecule has 0 saturated heterocycles. The van der Waals surface area contributed by atoms with E-state index >= 15 is 0 Å². The van der Waals surface area contributed by atoms with Crippen molar-refractivity contribution in [3.8, 4) is 0 Å². The predicted octanol–water partition coefficient (Wildman–Crippen LogP) is 16.1. The molecule has 0 aliphatic heterocycles. The normalized spacial score (nSPS) is 13.1. The lowest BCUT2D eigenvalue weighted by Crippen LogP contribution is -2.45. The quantitative estimate of drug-likeness (QED) is 0.0327. The van der Waals surface area contributed by atoms with Crippen LogP contribution in [0, 0.1) is 0 Å². The van der Waals surface area contributed by atoms with Gasteiger partial charge in [-0.1, -0.05) is 256 Å². The van der Waals surface area contributed by atoms with Gasteiger partial charge in [0.25, 0.3) is 0 Å². The Morgan fingerprint density at radius 2 is 0.714 bits per heavy atom. The van der Waals surface area contributed by atoms with E-state index in [1.165, 1.54) is 225 Å². The zero-order valence-electron chi connectivity index (χ0n) is 37.9. The van der Waals surface area contributed by atoms with Gasteiger partial charge in [-0.15, -0.1) is 0 Å². The van der Waals surface area contributed by atoms with Crippen LogP contribution in [-0.4, -0.2) is 34.9 Å². The van der Waals surface area contributed by atoms with Gasteiger partial charge in [0, 0.05) is 6.42 Å². The molecular formula is C52H99NO3. The van der Waals surface area contributed by atoms with E-state index in [1.54, 1.807) is 6.08 Å². The third-order valence-electron chi connectivity index (χ3n) is 11.6. The van der Waals surface area contributed by atoms with Crippen LogP contribution in [0.3, 0.4) is 0 Å². The first-order chi connectivity index (χ1) is 27.7. The topological polar surface area (TPSA) is 69.6 Å². The second kappa shape index (κ2) is 48.0. The molecule has 56 heavy (non-hydrogen) atoms. The standard InChI is InChI=1S/C52H99NO3/c1-3-5-7-9-11-13-15-17-19-21-23-24-25-26-27-28-30-31-33-35-37-39-41-43-45-47-51(55)50(49-54)53-52(56)48-46-44-42-40-38-36-34-32-29-22-20-18-16-14-12-10-8-6-4-2/h12,14,16,18,45,47,50-51,54-55H,3-11,13,15,17,19-44,46,48-49H2,1-2H3,(H,53,56)/b14-12-,18-16-,47-45+. The SMILES string of the molecule is CCCCC/C=C\C=C/CCCCCCCCCCCCC(=O)NC(CO)C(O)/C=C/CCCCCCCCCCCCCCCCCCCCCCCCC. The lowest BCUT2D eigenvalue weighted by molar-refractivity contribution is -0.123. The highest BCUT2D eigenvalue weighted by Crippen LogP contribution is 2.16. The fourth-order valence-corrected chi connectivity index (χ4v) is 7.76. The number of carbonyl (C=O) groups is 1. The maximum absolute atomic E-state index is 12.4. The largest absolute Gasteiger partial charge is 0.394 e. The fourth-order valence-electron chi connectivity index (χ4n) is 7.76. The van der Waals surface area contributed by atoms with Gasteiger partial charge in [0.2, 0.25) is 5.91 Å². The van der Waals surface area contributed by atoms with Crippen LogP contribution in [0.1, 0.15) is 271 Å². The Bertz CT molecular complexity index is 851. The second-order valence-corrected chi connectivity index (χ2v) is 17.3. The molecule has 1 amide bonds. The van der Waals surface area contributed by atoms with Crippen molar-refractivity contribution < 1.29 is 15.0 Å². The minimum atomic E-state index is -0.841. The van der Waals surface area contributed by atoms with Gasteiger partial charge in [-0.25, -0.2) is 0 Å². The number of carbonyl (C=O) groups excluding carboxylic acids is 1. The molecule has 0 heterocycles. The van der Waals surface area contributed by atoms with Gasteiger partial charge in [0.15, 0.2) is 0 Å². The Balaban J connectivity index is 3.51. The van der Waals surface area contributed by atoms with Gasteiger partial charge in [-0.3, -0.25) is 4.79 Å². The Kier molecular flexibility index (Phi) is 46.8. The van der Waals surface area contributed by atoms with Crippen LogP contribution in [0.25, 0.3) is 0 Å². The molecule has 4 nitrogen and oxygen atoms in total. The van der Waals surface area contributed by atoms with Crippen LogP contribution in [0.15, 0.2) is 36.5 Å². The summed E-state index contributed by atoms with van der Waals surface area (Å²) in [6, 6.07) is -0.624. The van der Waals surface area contributed by atoms with Crippen molar-refractivity contribution in [3.63, 3.8) is 0 Å². The Morgan fingerprint density at radius 1 is 0.429 bits per heavy atom. The number of aliphatic hydroxyl groups is 2. The molecule has 0 radical (unpaired) electrons. The number of unbranched alkanes of at least 4 members (excludes halogenated alkanes) is 36. The first-order valence-electron chi connectivity index (χ1n) is 25.2. The molecule has 0 aromatic carbocycles. The fraction of sp³-hybridized carbons (Fsp3) is 0.865. The number of amides is 1. The van der Waals surface area contributed by atoms with Gasteiger partial charge in [0.05, 0.1) is 18.8 Å². The summed E-state index contributed by atoms with van der Waals surface area (Å²) in [5.41, 5.74) is 0. The van der Waals surface area contributed by atoms with Crippen molar-refractivity contribution in [1.82, 2.24) is 5.32 Å². The van der Waals surface area contributed by atoms with Gasteiger partial charge in [0.1, 0.15) is 0 Å². The molecule has 0 aliphatic carbocycles. The molecule has 4 heteroatoms. The summed E-state index contributed by atoms with van der Waals surface area (Å²) in [4.78, 5) is 12.4. The number of hydrogen-bond donors (Lipinski definition) is 3. The van der Waals surface area contributed by atoms with Crippen molar-refractivity contribution in [2.24, 2.45) is 0 Å². The van der Waals surface area contributed by atoms with E-state index in [0.29, 0.717) is 6.42 Å². The molecule has 330 valence electrons. The van der Waals surface area contributed by atoms with Crippen LogP contribution in [0.4, 0.5) is 0 Å². The molecule has 0 fully saturated rings. The van der Waals surface area contributed by atoms with Crippen LogP contribution in [0.5, 0.6) is 0 Å². The molecule has 2 atom stereocenters. The predicted molar refractivity (Wildman–Crippen MR) is 248 cm³/mol. The summed E-state index contributed by atoms with van der Waals surface area (Å²) in [5, 5.41) is 23.1.